The molecule has 3 aromatic rings. The maximum atomic E-state index is 12.7. The molecule has 0 aliphatic heterocycles. The highest BCUT2D eigenvalue weighted by atomic mass is 35.5. The van der Waals surface area contributed by atoms with E-state index in [9.17, 15) is 9.59 Å². The number of carbonyl (C=O) groups is 2. The number of carbonyl (C=O) groups excluding carboxylic acids is 2. The van der Waals surface area contributed by atoms with Gasteiger partial charge in [0.05, 0.1) is 23.4 Å². The van der Waals surface area contributed by atoms with Crippen molar-refractivity contribution in [1.82, 2.24) is 4.40 Å². The minimum Gasteiger partial charge on any atom is -0.462 e. The number of halogens is 1. The Hall–Kier alpha value is -2.59. The predicted octanol–water partition coefficient (Wildman–Crippen LogP) is 4.00. The predicted molar refractivity (Wildman–Crippen MR) is 88.2 cm³/mol. The third-order valence-corrected chi connectivity index (χ3v) is 3.73. The van der Waals surface area contributed by atoms with E-state index in [0.29, 0.717) is 27.4 Å². The Morgan fingerprint density at radius 3 is 2.57 bits per heavy atom. The van der Waals surface area contributed by atoms with Crippen LogP contribution in [0.2, 0.25) is 5.02 Å². The van der Waals surface area contributed by atoms with Crippen molar-refractivity contribution in [2.24, 2.45) is 0 Å². The van der Waals surface area contributed by atoms with Gasteiger partial charge in [-0.2, -0.15) is 0 Å². The number of ether oxygens (including phenoxy) is 1. The minimum atomic E-state index is -0.473. The Kier molecular flexibility index (Phi) is 4.17. The largest absolute Gasteiger partial charge is 0.462 e. The van der Waals surface area contributed by atoms with Crippen molar-refractivity contribution in [3.05, 3.63) is 76.6 Å². The van der Waals surface area contributed by atoms with E-state index in [4.69, 9.17) is 16.3 Å². The number of hydrogen-bond acceptors (Lipinski definition) is 3. The lowest BCUT2D eigenvalue weighted by Crippen LogP contribution is -2.04. The highest BCUT2D eigenvalue weighted by Gasteiger charge is 2.21. The summed E-state index contributed by atoms with van der Waals surface area (Å²) in [6.45, 7) is 2.00. The molecular formula is C18H14ClNO3. The highest BCUT2D eigenvalue weighted by Crippen LogP contribution is 2.23. The van der Waals surface area contributed by atoms with Crippen LogP contribution in [-0.4, -0.2) is 22.8 Å². The van der Waals surface area contributed by atoms with E-state index in [0.717, 1.165) is 0 Å². The van der Waals surface area contributed by atoms with Crippen molar-refractivity contribution in [2.45, 2.75) is 6.92 Å². The molecule has 0 saturated heterocycles. The third kappa shape index (κ3) is 2.85. The van der Waals surface area contributed by atoms with Crippen LogP contribution in [0.25, 0.3) is 5.52 Å². The van der Waals surface area contributed by atoms with Crippen LogP contribution in [0.15, 0.2) is 54.7 Å². The van der Waals surface area contributed by atoms with Gasteiger partial charge in [0.2, 0.25) is 5.78 Å². The first-order valence-corrected chi connectivity index (χ1v) is 7.57. The van der Waals surface area contributed by atoms with Gasteiger partial charge in [0.25, 0.3) is 0 Å². The highest BCUT2D eigenvalue weighted by molar-refractivity contribution is 6.31. The summed E-state index contributed by atoms with van der Waals surface area (Å²) in [6.07, 6.45) is 1.68. The van der Waals surface area contributed by atoms with E-state index in [2.05, 4.69) is 0 Å². The topological polar surface area (TPSA) is 47.8 Å². The average Bonchev–Trinajstić information content (AvgIpc) is 2.94. The summed E-state index contributed by atoms with van der Waals surface area (Å²) >= 11 is 6.03. The number of nitrogens with zero attached hydrogens (tertiary/aromatic N) is 1. The molecule has 1 aromatic carbocycles. The average molecular weight is 328 g/mol. The monoisotopic (exact) mass is 327 g/mol. The van der Waals surface area contributed by atoms with E-state index in [1.165, 1.54) is 0 Å². The first kappa shape index (κ1) is 15.3. The van der Waals surface area contributed by atoms with Gasteiger partial charge < -0.3 is 9.14 Å². The zero-order valence-corrected chi connectivity index (χ0v) is 13.2. The second-order valence-electron chi connectivity index (χ2n) is 4.96. The molecule has 0 N–H and O–H groups in total. The minimum absolute atomic E-state index is 0.168. The molecule has 0 atom stereocenters. The van der Waals surface area contributed by atoms with Crippen LogP contribution < -0.4 is 0 Å². The van der Waals surface area contributed by atoms with Crippen LogP contribution in [0.4, 0.5) is 0 Å². The van der Waals surface area contributed by atoms with Gasteiger partial charge in [-0.1, -0.05) is 41.9 Å². The van der Waals surface area contributed by atoms with Gasteiger partial charge in [0.15, 0.2) is 0 Å². The molecule has 4 nitrogen and oxygen atoms in total. The number of benzene rings is 1. The van der Waals surface area contributed by atoms with Crippen molar-refractivity contribution >= 4 is 28.9 Å². The van der Waals surface area contributed by atoms with Gasteiger partial charge in [-0.3, -0.25) is 4.79 Å². The molecule has 0 saturated carbocycles. The molecule has 2 aromatic heterocycles. The SMILES string of the molecule is CCOC(=O)c1cc(C(=O)c2ccccc2)n2ccc(Cl)cc12. The van der Waals surface area contributed by atoms with Crippen LogP contribution in [0.3, 0.4) is 0 Å². The second kappa shape index (κ2) is 6.26. The van der Waals surface area contributed by atoms with Crippen LogP contribution in [0.1, 0.15) is 33.3 Å². The van der Waals surface area contributed by atoms with Gasteiger partial charge in [0, 0.05) is 16.8 Å². The summed E-state index contributed by atoms with van der Waals surface area (Å²) in [4.78, 5) is 24.9. The molecule has 5 heteroatoms. The van der Waals surface area contributed by atoms with E-state index in [1.807, 2.05) is 6.07 Å². The fourth-order valence-electron chi connectivity index (χ4n) is 2.46. The van der Waals surface area contributed by atoms with Gasteiger partial charge in [-0.25, -0.2) is 4.79 Å². The molecular weight excluding hydrogens is 314 g/mol. The Labute approximate surface area is 138 Å². The Balaban J connectivity index is 2.18. The van der Waals surface area contributed by atoms with Crippen molar-refractivity contribution in [2.75, 3.05) is 6.61 Å². The number of rotatable bonds is 4. The molecule has 0 spiro atoms. The van der Waals surface area contributed by atoms with Crippen molar-refractivity contribution < 1.29 is 14.3 Å². The first-order chi connectivity index (χ1) is 11.1. The summed E-state index contributed by atoms with van der Waals surface area (Å²) in [7, 11) is 0. The summed E-state index contributed by atoms with van der Waals surface area (Å²) in [5.41, 5.74) is 1.83. The summed E-state index contributed by atoms with van der Waals surface area (Å²) < 4.78 is 6.73. The van der Waals surface area contributed by atoms with Crippen LogP contribution in [-0.2, 0) is 4.74 Å². The lowest BCUT2D eigenvalue weighted by Gasteiger charge is -2.03. The number of aromatic nitrogens is 1. The van der Waals surface area contributed by atoms with Crippen LogP contribution >= 0.6 is 11.6 Å². The molecule has 0 aliphatic rings. The smallest absolute Gasteiger partial charge is 0.340 e. The third-order valence-electron chi connectivity index (χ3n) is 3.50. The fourth-order valence-corrected chi connectivity index (χ4v) is 2.62. The van der Waals surface area contributed by atoms with Crippen LogP contribution in [0, 0.1) is 0 Å². The van der Waals surface area contributed by atoms with E-state index in [-0.39, 0.29) is 12.4 Å². The number of pyridine rings is 1. The first-order valence-electron chi connectivity index (χ1n) is 7.19. The van der Waals surface area contributed by atoms with E-state index in [1.54, 1.807) is 60.0 Å². The quantitative estimate of drug-likeness (QED) is 0.537. The fraction of sp³-hybridized carbons (Fsp3) is 0.111. The molecule has 3 rings (SSSR count). The zero-order chi connectivity index (χ0) is 16.4. The second-order valence-corrected chi connectivity index (χ2v) is 5.40. The van der Waals surface area contributed by atoms with Crippen LogP contribution in [0.5, 0.6) is 0 Å². The van der Waals surface area contributed by atoms with E-state index >= 15 is 0 Å². The molecule has 116 valence electrons. The Morgan fingerprint density at radius 2 is 1.87 bits per heavy atom. The normalized spacial score (nSPS) is 10.7. The molecule has 0 bridgehead atoms. The Morgan fingerprint density at radius 1 is 1.13 bits per heavy atom. The molecule has 0 fully saturated rings. The summed E-state index contributed by atoms with van der Waals surface area (Å²) in [6, 6.07) is 13.8. The molecule has 0 unspecified atom stereocenters. The number of hydrogen-bond donors (Lipinski definition) is 0. The van der Waals surface area contributed by atoms with Crippen molar-refractivity contribution in [1.29, 1.82) is 0 Å². The lowest BCUT2D eigenvalue weighted by molar-refractivity contribution is 0.0529. The number of fused-ring (bicyclic) bond motifs is 1. The van der Waals surface area contributed by atoms with Gasteiger partial charge in [-0.05, 0) is 25.1 Å². The number of esters is 1. The van der Waals surface area contributed by atoms with E-state index < -0.39 is 5.97 Å². The lowest BCUT2D eigenvalue weighted by atomic mass is 10.1. The maximum Gasteiger partial charge on any atom is 0.340 e. The summed E-state index contributed by atoms with van der Waals surface area (Å²) in [5.74, 6) is -0.641. The standard InChI is InChI=1S/C18H14ClNO3/c1-2-23-18(22)14-11-16(17(21)12-6-4-3-5-7-12)20-9-8-13(19)10-15(14)20/h3-11H,2H2,1H3. The van der Waals surface area contributed by atoms with Crippen molar-refractivity contribution in [3.8, 4) is 0 Å². The summed E-state index contributed by atoms with van der Waals surface area (Å²) in [5, 5.41) is 0.486. The molecule has 0 radical (unpaired) electrons. The van der Waals surface area contributed by atoms with Gasteiger partial charge in [0.1, 0.15) is 0 Å². The maximum absolute atomic E-state index is 12.7. The zero-order valence-electron chi connectivity index (χ0n) is 12.5. The van der Waals surface area contributed by atoms with Gasteiger partial charge in [-0.15, -0.1) is 0 Å². The Bertz CT molecular complexity index is 884. The molecule has 23 heavy (non-hydrogen) atoms. The molecule has 2 heterocycles. The number of ketones is 1. The molecule has 0 amide bonds. The van der Waals surface area contributed by atoms with Gasteiger partial charge >= 0.3 is 5.97 Å². The van der Waals surface area contributed by atoms with Crippen molar-refractivity contribution in [3.63, 3.8) is 0 Å². The molecule has 0 aliphatic carbocycles.